The number of benzene rings is 2. The number of carbonyl (C=O) groups is 1. The maximum atomic E-state index is 12.3. The molecule has 26 heavy (non-hydrogen) atoms. The Morgan fingerprint density at radius 1 is 1.04 bits per heavy atom. The molecule has 2 heterocycles. The number of rotatable bonds is 5. The van der Waals surface area contributed by atoms with Crippen molar-refractivity contribution in [1.82, 2.24) is 9.47 Å². The van der Waals surface area contributed by atoms with Crippen molar-refractivity contribution in [2.45, 2.75) is 19.4 Å². The Kier molecular flexibility index (Phi) is 4.48. The highest BCUT2D eigenvalue weighted by Gasteiger charge is 2.19. The summed E-state index contributed by atoms with van der Waals surface area (Å²) in [6.45, 7) is 2.80. The topological polar surface area (TPSA) is 67.5 Å². The maximum Gasteiger partial charge on any atom is 0.420 e. The summed E-state index contributed by atoms with van der Waals surface area (Å²) in [6.07, 6.45) is 2.18. The minimum absolute atomic E-state index is 0.102. The molecular weight excluding hydrogens is 330 g/mol. The molecule has 0 unspecified atom stereocenters. The summed E-state index contributed by atoms with van der Waals surface area (Å²) < 4.78 is 6.85. The van der Waals surface area contributed by atoms with Crippen LogP contribution < -0.4 is 11.1 Å². The Morgan fingerprint density at radius 2 is 1.77 bits per heavy atom. The zero-order chi connectivity index (χ0) is 17.9. The number of nitrogens with one attached hydrogen (secondary N) is 1. The molecular formula is C20H21N3O3. The normalized spacial score (nSPS) is 14.1. The summed E-state index contributed by atoms with van der Waals surface area (Å²) in [4.78, 5) is 26.2. The van der Waals surface area contributed by atoms with Gasteiger partial charge in [0.25, 0.3) is 5.91 Å². The van der Waals surface area contributed by atoms with Gasteiger partial charge in [-0.2, -0.15) is 0 Å². The fourth-order valence-corrected chi connectivity index (χ4v) is 3.37. The maximum absolute atomic E-state index is 12.3. The molecule has 0 spiro atoms. The van der Waals surface area contributed by atoms with Gasteiger partial charge in [-0.05, 0) is 49.2 Å². The molecule has 1 N–H and O–H groups in total. The number of nitrogens with zero attached hydrogens (tertiary/aromatic N) is 2. The van der Waals surface area contributed by atoms with Gasteiger partial charge in [0.15, 0.2) is 5.58 Å². The summed E-state index contributed by atoms with van der Waals surface area (Å²) in [5.41, 5.74) is 3.03. The molecule has 3 aromatic rings. The van der Waals surface area contributed by atoms with Crippen molar-refractivity contribution in [1.29, 1.82) is 0 Å². The summed E-state index contributed by atoms with van der Waals surface area (Å²) in [7, 11) is 0. The number of hydrogen-bond acceptors (Lipinski definition) is 4. The second-order valence-corrected chi connectivity index (χ2v) is 6.49. The molecule has 2 aromatic carbocycles. The van der Waals surface area contributed by atoms with E-state index in [-0.39, 0.29) is 11.7 Å². The molecule has 4 rings (SSSR count). The number of fused-ring (bicyclic) bond motifs is 1. The van der Waals surface area contributed by atoms with Crippen LogP contribution in [0, 0.1) is 0 Å². The van der Waals surface area contributed by atoms with Gasteiger partial charge < -0.3 is 14.6 Å². The molecule has 134 valence electrons. The smallest absolute Gasteiger partial charge is 0.408 e. The average molecular weight is 351 g/mol. The van der Waals surface area contributed by atoms with Crippen LogP contribution >= 0.6 is 0 Å². The van der Waals surface area contributed by atoms with E-state index in [9.17, 15) is 9.59 Å². The van der Waals surface area contributed by atoms with Gasteiger partial charge in [-0.3, -0.25) is 9.36 Å². The first-order valence-electron chi connectivity index (χ1n) is 8.94. The standard InChI is InChI=1S/C20H21N3O3/c24-19(22-12-3-4-13-22)15-7-9-16(10-8-15)21-11-14-23-17-5-1-2-6-18(17)26-20(23)25/h1-2,5-10,21H,3-4,11-14H2. The van der Waals surface area contributed by atoms with E-state index in [4.69, 9.17) is 4.42 Å². The third-order valence-corrected chi connectivity index (χ3v) is 4.76. The summed E-state index contributed by atoms with van der Waals surface area (Å²) in [5, 5.41) is 3.28. The highest BCUT2D eigenvalue weighted by Crippen LogP contribution is 2.16. The van der Waals surface area contributed by atoms with Crippen LogP contribution in [0.25, 0.3) is 11.1 Å². The van der Waals surface area contributed by atoms with Crippen molar-refractivity contribution < 1.29 is 9.21 Å². The fraction of sp³-hybridized carbons (Fsp3) is 0.300. The van der Waals surface area contributed by atoms with Gasteiger partial charge in [-0.25, -0.2) is 4.79 Å². The quantitative estimate of drug-likeness (QED) is 0.767. The first-order valence-corrected chi connectivity index (χ1v) is 8.94. The Bertz CT molecular complexity index is 966. The van der Waals surface area contributed by atoms with E-state index in [0.717, 1.165) is 42.7 Å². The van der Waals surface area contributed by atoms with Crippen molar-refractivity contribution in [3.05, 3.63) is 64.6 Å². The van der Waals surface area contributed by atoms with Gasteiger partial charge in [0, 0.05) is 37.4 Å². The van der Waals surface area contributed by atoms with E-state index < -0.39 is 0 Å². The third kappa shape index (κ3) is 3.22. The highest BCUT2D eigenvalue weighted by atomic mass is 16.4. The molecule has 0 aliphatic carbocycles. The molecule has 0 radical (unpaired) electrons. The van der Waals surface area contributed by atoms with Crippen LogP contribution in [0.15, 0.2) is 57.7 Å². The molecule has 1 aliphatic heterocycles. The Morgan fingerprint density at radius 3 is 2.54 bits per heavy atom. The van der Waals surface area contributed by atoms with Crippen LogP contribution in [0.1, 0.15) is 23.2 Å². The van der Waals surface area contributed by atoms with Crippen LogP contribution in [0.3, 0.4) is 0 Å². The predicted molar refractivity (Wildman–Crippen MR) is 101 cm³/mol. The number of aromatic nitrogens is 1. The monoisotopic (exact) mass is 351 g/mol. The Labute approximate surface area is 151 Å². The molecule has 1 aromatic heterocycles. The molecule has 1 saturated heterocycles. The number of anilines is 1. The zero-order valence-electron chi connectivity index (χ0n) is 14.5. The average Bonchev–Trinajstić information content (AvgIpc) is 3.30. The molecule has 1 amide bonds. The van der Waals surface area contributed by atoms with Gasteiger partial charge in [0.1, 0.15) is 0 Å². The molecule has 6 heteroatoms. The lowest BCUT2D eigenvalue weighted by atomic mass is 10.2. The van der Waals surface area contributed by atoms with E-state index in [1.54, 1.807) is 10.6 Å². The van der Waals surface area contributed by atoms with Crippen molar-refractivity contribution in [2.24, 2.45) is 0 Å². The summed E-state index contributed by atoms with van der Waals surface area (Å²) >= 11 is 0. The van der Waals surface area contributed by atoms with E-state index in [2.05, 4.69) is 5.32 Å². The fourth-order valence-electron chi connectivity index (χ4n) is 3.37. The van der Waals surface area contributed by atoms with Crippen molar-refractivity contribution in [2.75, 3.05) is 25.0 Å². The Hall–Kier alpha value is -3.02. The Balaban J connectivity index is 1.38. The lowest BCUT2D eigenvalue weighted by molar-refractivity contribution is 0.0793. The van der Waals surface area contributed by atoms with Crippen molar-refractivity contribution >= 4 is 22.7 Å². The highest BCUT2D eigenvalue weighted by molar-refractivity contribution is 5.94. The van der Waals surface area contributed by atoms with Crippen LogP contribution in [-0.2, 0) is 6.54 Å². The van der Waals surface area contributed by atoms with Gasteiger partial charge in [0.2, 0.25) is 0 Å². The minimum Gasteiger partial charge on any atom is -0.408 e. The van der Waals surface area contributed by atoms with Gasteiger partial charge in [-0.15, -0.1) is 0 Å². The molecule has 6 nitrogen and oxygen atoms in total. The summed E-state index contributed by atoms with van der Waals surface area (Å²) in [5.74, 6) is -0.245. The first kappa shape index (κ1) is 16.4. The molecule has 0 atom stereocenters. The molecule has 0 saturated carbocycles. The second kappa shape index (κ2) is 7.07. The SMILES string of the molecule is O=C(c1ccc(NCCn2c(=O)oc3ccccc32)cc1)N1CCCC1. The number of para-hydroxylation sites is 2. The van der Waals surface area contributed by atoms with E-state index >= 15 is 0 Å². The van der Waals surface area contributed by atoms with Crippen molar-refractivity contribution in [3.63, 3.8) is 0 Å². The van der Waals surface area contributed by atoms with Crippen LogP contribution in [0.5, 0.6) is 0 Å². The largest absolute Gasteiger partial charge is 0.420 e. The molecule has 1 fully saturated rings. The number of amides is 1. The second-order valence-electron chi connectivity index (χ2n) is 6.49. The van der Waals surface area contributed by atoms with E-state index in [1.807, 2.05) is 47.4 Å². The minimum atomic E-state index is -0.348. The van der Waals surface area contributed by atoms with Crippen LogP contribution in [-0.4, -0.2) is 35.0 Å². The number of carbonyl (C=O) groups excluding carboxylic acids is 1. The number of hydrogen-bond donors (Lipinski definition) is 1. The lowest BCUT2D eigenvalue weighted by Crippen LogP contribution is -2.27. The predicted octanol–water partition coefficient (Wildman–Crippen LogP) is 2.94. The van der Waals surface area contributed by atoms with Gasteiger partial charge >= 0.3 is 5.76 Å². The van der Waals surface area contributed by atoms with E-state index in [0.29, 0.717) is 18.7 Å². The first-order chi connectivity index (χ1) is 12.7. The third-order valence-electron chi connectivity index (χ3n) is 4.76. The number of likely N-dealkylation sites (tertiary alicyclic amines) is 1. The van der Waals surface area contributed by atoms with Gasteiger partial charge in [-0.1, -0.05) is 12.1 Å². The number of oxazole rings is 1. The van der Waals surface area contributed by atoms with E-state index in [1.165, 1.54) is 0 Å². The molecule has 0 bridgehead atoms. The zero-order valence-corrected chi connectivity index (χ0v) is 14.5. The van der Waals surface area contributed by atoms with Gasteiger partial charge in [0.05, 0.1) is 5.52 Å². The van der Waals surface area contributed by atoms with Crippen molar-refractivity contribution in [3.8, 4) is 0 Å². The lowest BCUT2D eigenvalue weighted by Gasteiger charge is -2.15. The summed E-state index contributed by atoms with van der Waals surface area (Å²) in [6, 6.07) is 14.9. The molecule has 1 aliphatic rings. The van der Waals surface area contributed by atoms with Crippen LogP contribution in [0.4, 0.5) is 5.69 Å². The van der Waals surface area contributed by atoms with Crippen LogP contribution in [0.2, 0.25) is 0 Å².